The number of halogens is 2. The van der Waals surface area contributed by atoms with Gasteiger partial charge in [-0.05, 0) is 30.7 Å². The molecule has 0 spiro atoms. The van der Waals surface area contributed by atoms with Gasteiger partial charge in [0.25, 0.3) is 0 Å². The predicted octanol–water partition coefficient (Wildman–Crippen LogP) is -0.457. The van der Waals surface area contributed by atoms with Crippen LogP contribution in [0, 0.1) is 11.8 Å². The fourth-order valence-electron chi connectivity index (χ4n) is 4.30. The van der Waals surface area contributed by atoms with Crippen LogP contribution >= 0.6 is 0 Å². The first-order chi connectivity index (χ1) is 12.0. The molecule has 0 bridgehead atoms. The SMILES string of the molecule is CCC(C)c1ccc(C[N+](C)(C)C)cc1.CCC1C[N+](C)(C)CC1CC.[Cl-].[Cl-]. The van der Waals surface area contributed by atoms with Gasteiger partial charge in [-0.2, -0.15) is 0 Å². The Balaban J connectivity index is 0. The number of hydrogen-bond acceptors (Lipinski definition) is 0. The fraction of sp³-hybridized carbons (Fsp3) is 0.750. The number of benzene rings is 1. The molecule has 1 fully saturated rings. The van der Waals surface area contributed by atoms with E-state index in [0.29, 0.717) is 5.92 Å². The van der Waals surface area contributed by atoms with E-state index in [-0.39, 0.29) is 24.8 Å². The van der Waals surface area contributed by atoms with Crippen LogP contribution in [-0.4, -0.2) is 57.3 Å². The van der Waals surface area contributed by atoms with E-state index in [1.165, 1.54) is 48.0 Å². The van der Waals surface area contributed by atoms with E-state index < -0.39 is 0 Å². The minimum Gasteiger partial charge on any atom is -1.00 e. The molecule has 0 N–H and O–H groups in total. The number of quaternary nitrogens is 2. The molecule has 0 aliphatic carbocycles. The van der Waals surface area contributed by atoms with Crippen LogP contribution in [0.15, 0.2) is 24.3 Å². The highest BCUT2D eigenvalue weighted by Gasteiger charge is 2.37. The van der Waals surface area contributed by atoms with Crippen molar-refractivity contribution in [1.29, 1.82) is 0 Å². The lowest BCUT2D eigenvalue weighted by molar-refractivity contribution is -0.884. The predicted molar refractivity (Wildman–Crippen MR) is 116 cm³/mol. The highest BCUT2D eigenvalue weighted by Crippen LogP contribution is 2.31. The molecular weight excluding hydrogens is 387 g/mol. The van der Waals surface area contributed by atoms with Crippen molar-refractivity contribution in [2.45, 2.75) is 59.4 Å². The molecule has 0 aromatic heterocycles. The third-order valence-corrected chi connectivity index (χ3v) is 5.99. The van der Waals surface area contributed by atoms with E-state index in [2.05, 4.69) is 87.2 Å². The zero-order chi connectivity index (χ0) is 20.0. The molecule has 1 saturated heterocycles. The number of likely N-dealkylation sites (tertiary alicyclic amines) is 1. The van der Waals surface area contributed by atoms with E-state index in [0.717, 1.165) is 22.9 Å². The molecule has 2 nitrogen and oxygen atoms in total. The largest absolute Gasteiger partial charge is 1.00 e. The number of rotatable bonds is 6. The fourth-order valence-corrected chi connectivity index (χ4v) is 4.30. The molecule has 0 amide bonds. The van der Waals surface area contributed by atoms with Gasteiger partial charge in [0.05, 0.1) is 48.3 Å². The lowest BCUT2D eigenvalue weighted by Gasteiger charge is -2.24. The molecule has 3 unspecified atom stereocenters. The van der Waals surface area contributed by atoms with Crippen molar-refractivity contribution < 1.29 is 33.8 Å². The van der Waals surface area contributed by atoms with Gasteiger partial charge in [-0.1, -0.05) is 52.0 Å². The Kier molecular flexibility index (Phi) is 14.0. The minimum absolute atomic E-state index is 0. The smallest absolute Gasteiger partial charge is 0.104 e. The standard InChI is InChI=1S/C14H24N.C10H22N.2ClH/c1-6-12(2)14-9-7-13(8-10-14)11-15(3,4)5;1-5-9-7-11(3,4)8-10(9)6-2;;/h7-10,12H,6,11H2,1-5H3;9-10H,5-8H2,1-4H3;2*1H/q2*+1;;/p-2. The third-order valence-electron chi connectivity index (χ3n) is 5.99. The molecule has 166 valence electrons. The normalized spacial score (nSPS) is 21.6. The number of nitrogens with zero attached hydrogens (tertiary/aromatic N) is 2. The summed E-state index contributed by atoms with van der Waals surface area (Å²) in [5.41, 5.74) is 2.89. The third kappa shape index (κ3) is 10.5. The molecule has 2 rings (SSSR count). The maximum Gasteiger partial charge on any atom is 0.104 e. The summed E-state index contributed by atoms with van der Waals surface area (Å²) in [5.74, 6) is 2.67. The molecule has 1 heterocycles. The van der Waals surface area contributed by atoms with Crippen LogP contribution in [0.25, 0.3) is 0 Å². The zero-order valence-corrected chi connectivity index (χ0v) is 21.4. The molecule has 1 aliphatic rings. The molecule has 4 heteroatoms. The van der Waals surface area contributed by atoms with Gasteiger partial charge in [0.1, 0.15) is 6.54 Å². The summed E-state index contributed by atoms with van der Waals surface area (Å²) in [7, 11) is 11.4. The van der Waals surface area contributed by atoms with Crippen molar-refractivity contribution in [3.8, 4) is 0 Å². The maximum absolute atomic E-state index is 2.36. The Hall–Kier alpha value is -0.280. The summed E-state index contributed by atoms with van der Waals surface area (Å²) in [6.45, 7) is 13.1. The molecule has 1 aliphatic heterocycles. The molecule has 1 aromatic rings. The Morgan fingerprint density at radius 3 is 1.64 bits per heavy atom. The summed E-state index contributed by atoms with van der Waals surface area (Å²) < 4.78 is 2.24. The van der Waals surface area contributed by atoms with Crippen molar-refractivity contribution in [1.82, 2.24) is 0 Å². The van der Waals surface area contributed by atoms with Gasteiger partial charge in [-0.3, -0.25) is 0 Å². The van der Waals surface area contributed by atoms with Gasteiger partial charge in [-0.15, -0.1) is 0 Å². The second-order valence-corrected chi connectivity index (χ2v) is 10.1. The number of hydrogen-bond donors (Lipinski definition) is 0. The van der Waals surface area contributed by atoms with Gasteiger partial charge in [0.2, 0.25) is 0 Å². The summed E-state index contributed by atoms with van der Waals surface area (Å²) in [6, 6.07) is 9.09. The van der Waals surface area contributed by atoms with Crippen LogP contribution in [0.3, 0.4) is 0 Å². The van der Waals surface area contributed by atoms with Crippen molar-refractivity contribution >= 4 is 0 Å². The molecule has 28 heavy (non-hydrogen) atoms. The van der Waals surface area contributed by atoms with Gasteiger partial charge >= 0.3 is 0 Å². The molecule has 0 saturated carbocycles. The highest BCUT2D eigenvalue weighted by atomic mass is 35.5. The Morgan fingerprint density at radius 2 is 1.32 bits per heavy atom. The van der Waals surface area contributed by atoms with Crippen LogP contribution in [0.2, 0.25) is 0 Å². The van der Waals surface area contributed by atoms with Gasteiger partial charge in [0, 0.05) is 17.4 Å². The van der Waals surface area contributed by atoms with Crippen LogP contribution in [0.5, 0.6) is 0 Å². The first-order valence-electron chi connectivity index (χ1n) is 10.7. The average molecular weight is 434 g/mol. The first kappa shape index (κ1) is 29.9. The lowest BCUT2D eigenvalue weighted by Crippen LogP contribution is -3.00. The second kappa shape index (κ2) is 13.1. The maximum atomic E-state index is 2.36. The van der Waals surface area contributed by atoms with Gasteiger partial charge < -0.3 is 33.8 Å². The van der Waals surface area contributed by atoms with Crippen LogP contribution in [-0.2, 0) is 6.54 Å². The van der Waals surface area contributed by atoms with Crippen LogP contribution in [0.1, 0.15) is 64.0 Å². The average Bonchev–Trinajstić information content (AvgIpc) is 2.88. The highest BCUT2D eigenvalue weighted by molar-refractivity contribution is 5.24. The van der Waals surface area contributed by atoms with Crippen molar-refractivity contribution in [2.75, 3.05) is 48.3 Å². The summed E-state index contributed by atoms with van der Waals surface area (Å²) in [4.78, 5) is 0. The zero-order valence-electron chi connectivity index (χ0n) is 19.9. The van der Waals surface area contributed by atoms with Crippen molar-refractivity contribution in [3.05, 3.63) is 35.4 Å². The molecule has 3 atom stereocenters. The van der Waals surface area contributed by atoms with E-state index >= 15 is 0 Å². The first-order valence-corrected chi connectivity index (χ1v) is 10.7. The van der Waals surface area contributed by atoms with E-state index in [1.807, 2.05) is 0 Å². The quantitative estimate of drug-likeness (QED) is 0.533. The van der Waals surface area contributed by atoms with Crippen LogP contribution in [0.4, 0.5) is 0 Å². The summed E-state index contributed by atoms with van der Waals surface area (Å²) in [5, 5.41) is 0. The van der Waals surface area contributed by atoms with Gasteiger partial charge in [-0.25, -0.2) is 0 Å². The minimum atomic E-state index is 0. The molecule has 0 radical (unpaired) electrons. The summed E-state index contributed by atoms with van der Waals surface area (Å²) in [6.07, 6.45) is 3.97. The van der Waals surface area contributed by atoms with Crippen molar-refractivity contribution in [3.63, 3.8) is 0 Å². The van der Waals surface area contributed by atoms with Crippen molar-refractivity contribution in [2.24, 2.45) is 11.8 Å². The monoisotopic (exact) mass is 432 g/mol. The molecule has 1 aromatic carbocycles. The summed E-state index contributed by atoms with van der Waals surface area (Å²) >= 11 is 0. The second-order valence-electron chi connectivity index (χ2n) is 10.1. The molecular formula is C24H46Cl2N2. The van der Waals surface area contributed by atoms with Crippen LogP contribution < -0.4 is 24.8 Å². The Bertz CT molecular complexity index is 506. The van der Waals surface area contributed by atoms with E-state index in [4.69, 9.17) is 0 Å². The topological polar surface area (TPSA) is 0 Å². The van der Waals surface area contributed by atoms with Gasteiger partial charge in [0.15, 0.2) is 0 Å². The lowest BCUT2D eigenvalue weighted by atomic mass is 9.92. The van der Waals surface area contributed by atoms with E-state index in [1.54, 1.807) is 0 Å². The Morgan fingerprint density at radius 1 is 0.893 bits per heavy atom. The van der Waals surface area contributed by atoms with E-state index in [9.17, 15) is 0 Å². The Labute approximate surface area is 188 Å².